The molecule has 0 heterocycles. The van der Waals surface area contributed by atoms with Crippen molar-refractivity contribution in [2.45, 2.75) is 33.1 Å². The Kier molecular flexibility index (Phi) is 13.3. The Morgan fingerprint density at radius 2 is 0.800 bits per heavy atom. The number of aliphatic imine (C=N–C) groups is 2. The van der Waals surface area contributed by atoms with E-state index in [2.05, 4.69) is 34.3 Å². The smallest absolute Gasteiger partial charge is 0.343 e. The Balaban J connectivity index is 0.943. The molecule has 6 aromatic carbocycles. The van der Waals surface area contributed by atoms with Gasteiger partial charge in [0.25, 0.3) is 0 Å². The van der Waals surface area contributed by atoms with Crippen molar-refractivity contribution in [3.05, 3.63) is 179 Å². The number of benzene rings is 6. The van der Waals surface area contributed by atoms with E-state index in [1.54, 1.807) is 85.2 Å². The third kappa shape index (κ3) is 11.6. The molecule has 0 aliphatic heterocycles. The summed E-state index contributed by atoms with van der Waals surface area (Å²) in [5, 5.41) is 0. The molecule has 0 unspecified atom stereocenters. The molecule has 0 aliphatic carbocycles. The summed E-state index contributed by atoms with van der Waals surface area (Å²) in [6, 6.07) is 44.6. The number of ether oxygens (including phenoxy) is 4. The van der Waals surface area contributed by atoms with Crippen LogP contribution < -0.4 is 18.9 Å². The fourth-order valence-electron chi connectivity index (χ4n) is 5.32. The Hall–Kier alpha value is -6.80. The van der Waals surface area contributed by atoms with Crippen molar-refractivity contribution < 1.29 is 28.5 Å². The molecule has 0 aromatic heterocycles. The van der Waals surface area contributed by atoms with Crippen LogP contribution in [0.3, 0.4) is 0 Å². The minimum Gasteiger partial charge on any atom is -0.494 e. The predicted molar refractivity (Wildman–Crippen MR) is 217 cm³/mol. The van der Waals surface area contributed by atoms with Gasteiger partial charge in [-0.3, -0.25) is 9.98 Å². The molecule has 0 spiro atoms. The summed E-state index contributed by atoms with van der Waals surface area (Å²) >= 11 is 0. The molecule has 8 heteroatoms. The summed E-state index contributed by atoms with van der Waals surface area (Å²) in [7, 11) is 0. The fourth-order valence-corrected chi connectivity index (χ4v) is 5.32. The second kappa shape index (κ2) is 19.3. The normalized spacial score (nSPS) is 11.1. The van der Waals surface area contributed by atoms with Gasteiger partial charge in [-0.2, -0.15) is 0 Å². The van der Waals surface area contributed by atoms with Crippen molar-refractivity contribution in [1.29, 1.82) is 0 Å². The van der Waals surface area contributed by atoms with Crippen LogP contribution in [0.4, 0.5) is 11.4 Å². The number of carbonyl (C=O) groups excluding carboxylic acids is 2. The lowest BCUT2D eigenvalue weighted by Crippen LogP contribution is -2.08. The highest BCUT2D eigenvalue weighted by atomic mass is 16.5. The highest BCUT2D eigenvalue weighted by Gasteiger charge is 2.10. The molecule has 0 aliphatic rings. The maximum Gasteiger partial charge on any atom is 0.343 e. The van der Waals surface area contributed by atoms with Gasteiger partial charge < -0.3 is 18.9 Å². The topological polar surface area (TPSA) is 95.8 Å². The zero-order valence-electron chi connectivity index (χ0n) is 30.9. The number of hydrogen-bond donors (Lipinski definition) is 0. The van der Waals surface area contributed by atoms with Crippen molar-refractivity contribution in [1.82, 2.24) is 0 Å². The summed E-state index contributed by atoms with van der Waals surface area (Å²) in [5.41, 5.74) is 6.70. The second-order valence-corrected chi connectivity index (χ2v) is 12.7. The summed E-state index contributed by atoms with van der Waals surface area (Å²) in [5.74, 6) is 1.52. The van der Waals surface area contributed by atoms with Crippen LogP contribution in [0.1, 0.15) is 69.7 Å². The van der Waals surface area contributed by atoms with E-state index in [1.807, 2.05) is 62.4 Å². The van der Waals surface area contributed by atoms with Crippen LogP contribution >= 0.6 is 0 Å². The van der Waals surface area contributed by atoms with Gasteiger partial charge in [0.05, 0.1) is 35.7 Å². The van der Waals surface area contributed by atoms with Gasteiger partial charge in [0.2, 0.25) is 0 Å². The van der Waals surface area contributed by atoms with Crippen LogP contribution in [0, 0.1) is 0 Å². The lowest BCUT2D eigenvalue weighted by atomic mass is 10.0. The molecular weight excluding hydrogens is 689 g/mol. The van der Waals surface area contributed by atoms with Gasteiger partial charge in [-0.1, -0.05) is 38.1 Å². The van der Waals surface area contributed by atoms with E-state index in [4.69, 9.17) is 18.9 Å². The number of carbonyl (C=O) groups is 2. The van der Waals surface area contributed by atoms with Crippen LogP contribution in [0.15, 0.2) is 156 Å². The Labute approximate surface area is 321 Å². The highest BCUT2D eigenvalue weighted by Crippen LogP contribution is 2.21. The second-order valence-electron chi connectivity index (χ2n) is 12.7. The summed E-state index contributed by atoms with van der Waals surface area (Å²) in [6.45, 7) is 5.36. The minimum absolute atomic E-state index is 0.425. The van der Waals surface area contributed by atoms with E-state index in [-0.39, 0.29) is 0 Å². The third-order valence-electron chi connectivity index (χ3n) is 8.31. The molecule has 0 amide bonds. The lowest BCUT2D eigenvalue weighted by molar-refractivity contribution is 0.0725. The maximum absolute atomic E-state index is 12.5. The van der Waals surface area contributed by atoms with Crippen molar-refractivity contribution in [3.8, 4) is 23.0 Å². The minimum atomic E-state index is -0.425. The largest absolute Gasteiger partial charge is 0.494 e. The number of esters is 2. The average molecular weight is 731 g/mol. The standard InChI is InChI=1S/C47H42N2O6/c1-3-29-52-42-25-13-38(14-26-42)46(50)54-44-21-9-36(10-22-44)32-48-40-17-5-34(6-18-40)31-35-7-19-41(20-8-35)49-33-37-11-23-45(24-12-37)55-47(51)39-15-27-43(28-16-39)53-30-4-2/h5-28,32-33H,3-4,29-31H2,1-2H3. The molecule has 6 rings (SSSR count). The number of hydrogen-bond acceptors (Lipinski definition) is 8. The summed E-state index contributed by atoms with van der Waals surface area (Å²) in [6.07, 6.45) is 6.18. The quantitative estimate of drug-likeness (QED) is 0.0559. The molecule has 0 N–H and O–H groups in total. The van der Waals surface area contributed by atoms with E-state index in [9.17, 15) is 9.59 Å². The van der Waals surface area contributed by atoms with E-state index in [1.165, 1.54) is 11.1 Å². The van der Waals surface area contributed by atoms with Gasteiger partial charge in [-0.05, 0) is 163 Å². The first-order valence-electron chi connectivity index (χ1n) is 18.3. The molecule has 0 saturated carbocycles. The van der Waals surface area contributed by atoms with E-state index < -0.39 is 11.9 Å². The summed E-state index contributed by atoms with van der Waals surface area (Å²) < 4.78 is 22.2. The summed E-state index contributed by atoms with van der Waals surface area (Å²) in [4.78, 5) is 34.3. The lowest BCUT2D eigenvalue weighted by Gasteiger charge is -2.07. The maximum atomic E-state index is 12.5. The fraction of sp³-hybridized carbons (Fsp3) is 0.149. The van der Waals surface area contributed by atoms with E-state index in [0.717, 1.165) is 53.3 Å². The van der Waals surface area contributed by atoms with Crippen molar-refractivity contribution in [2.24, 2.45) is 9.98 Å². The van der Waals surface area contributed by atoms with Crippen LogP contribution in [0.2, 0.25) is 0 Å². The highest BCUT2D eigenvalue weighted by molar-refractivity contribution is 5.92. The first-order chi connectivity index (χ1) is 26.9. The van der Waals surface area contributed by atoms with Gasteiger partial charge >= 0.3 is 11.9 Å². The molecule has 0 atom stereocenters. The van der Waals surface area contributed by atoms with Gasteiger partial charge in [-0.15, -0.1) is 0 Å². The van der Waals surface area contributed by atoms with E-state index >= 15 is 0 Å². The monoisotopic (exact) mass is 730 g/mol. The van der Waals surface area contributed by atoms with Gasteiger partial charge in [0, 0.05) is 12.4 Å². The van der Waals surface area contributed by atoms with Gasteiger partial charge in [-0.25, -0.2) is 9.59 Å². The molecule has 0 saturated heterocycles. The Morgan fingerprint density at radius 1 is 0.455 bits per heavy atom. The molecular formula is C47H42N2O6. The van der Waals surface area contributed by atoms with Crippen LogP contribution in [0.5, 0.6) is 23.0 Å². The number of nitrogens with zero attached hydrogens (tertiary/aromatic N) is 2. The average Bonchev–Trinajstić information content (AvgIpc) is 3.23. The molecule has 0 radical (unpaired) electrons. The Morgan fingerprint density at radius 3 is 1.15 bits per heavy atom. The zero-order chi connectivity index (χ0) is 38.2. The van der Waals surface area contributed by atoms with Crippen molar-refractivity contribution >= 4 is 35.7 Å². The molecule has 55 heavy (non-hydrogen) atoms. The zero-order valence-corrected chi connectivity index (χ0v) is 30.9. The molecule has 276 valence electrons. The van der Waals surface area contributed by atoms with Crippen LogP contribution in [-0.2, 0) is 6.42 Å². The van der Waals surface area contributed by atoms with Gasteiger partial charge in [0.15, 0.2) is 0 Å². The SMILES string of the molecule is CCCOc1ccc(C(=O)Oc2ccc(C=Nc3ccc(Cc4ccc(N=Cc5ccc(OC(=O)c6ccc(OCCC)cc6)cc5)cc4)cc3)cc2)cc1. The molecule has 6 aromatic rings. The molecule has 0 bridgehead atoms. The van der Waals surface area contributed by atoms with E-state index in [0.29, 0.717) is 35.8 Å². The Bertz CT molecular complexity index is 2030. The van der Waals surface area contributed by atoms with Crippen LogP contribution in [0.25, 0.3) is 0 Å². The third-order valence-corrected chi connectivity index (χ3v) is 8.31. The molecule has 8 nitrogen and oxygen atoms in total. The predicted octanol–water partition coefficient (Wildman–Crippen LogP) is 10.8. The van der Waals surface area contributed by atoms with Crippen molar-refractivity contribution in [2.75, 3.05) is 13.2 Å². The first kappa shape index (κ1) is 37.9. The van der Waals surface area contributed by atoms with Crippen molar-refractivity contribution in [3.63, 3.8) is 0 Å². The first-order valence-corrected chi connectivity index (χ1v) is 18.3. The number of rotatable bonds is 16. The van der Waals surface area contributed by atoms with Crippen LogP contribution in [-0.4, -0.2) is 37.6 Å². The molecule has 0 fully saturated rings. The van der Waals surface area contributed by atoms with Gasteiger partial charge in [0.1, 0.15) is 23.0 Å².